The number of methoxy groups -OCH3 is 1. The molecule has 0 radical (unpaired) electrons. The molecule has 4 aromatic rings. The average Bonchev–Trinajstić information content (AvgIpc) is 3.76. The van der Waals surface area contributed by atoms with Crippen molar-refractivity contribution in [1.29, 1.82) is 0 Å². The maximum Gasteiger partial charge on any atom is 0.318 e. The molecule has 4 atom stereocenters. The van der Waals surface area contributed by atoms with E-state index < -0.39 is 23.4 Å². The van der Waals surface area contributed by atoms with Gasteiger partial charge in [0.1, 0.15) is 28.7 Å². The molecule has 0 saturated carbocycles. The highest BCUT2D eigenvalue weighted by molar-refractivity contribution is 7.22. The highest BCUT2D eigenvalue weighted by Gasteiger charge is 2.36. The Labute approximate surface area is 249 Å². The summed E-state index contributed by atoms with van der Waals surface area (Å²) in [5.74, 6) is -0.899. The minimum absolute atomic E-state index is 0.0337. The van der Waals surface area contributed by atoms with Gasteiger partial charge in [-0.1, -0.05) is 11.3 Å². The first kappa shape index (κ1) is 28.3. The van der Waals surface area contributed by atoms with Crippen LogP contribution in [0.4, 0.5) is 24.1 Å². The Kier molecular flexibility index (Phi) is 7.17. The van der Waals surface area contributed by atoms with E-state index in [-0.39, 0.29) is 55.6 Å². The van der Waals surface area contributed by atoms with Crippen LogP contribution in [-0.2, 0) is 7.05 Å². The summed E-state index contributed by atoms with van der Waals surface area (Å²) in [6, 6.07) is 3.75. The Morgan fingerprint density at radius 3 is 2.56 bits per heavy atom. The second kappa shape index (κ2) is 10.9. The monoisotopic (exact) mass is 614 g/mol. The van der Waals surface area contributed by atoms with E-state index in [4.69, 9.17) is 10.5 Å². The molecule has 10 nitrogen and oxygen atoms in total. The number of aromatic nitrogens is 4. The van der Waals surface area contributed by atoms with Crippen LogP contribution in [0.3, 0.4) is 0 Å². The van der Waals surface area contributed by atoms with Crippen molar-refractivity contribution >= 4 is 43.4 Å². The fourth-order valence-electron chi connectivity index (χ4n) is 7.11. The van der Waals surface area contributed by atoms with Crippen LogP contribution in [0.15, 0.2) is 16.9 Å². The van der Waals surface area contributed by atoms with Crippen molar-refractivity contribution in [1.82, 2.24) is 29.7 Å². The quantitative estimate of drug-likeness (QED) is 0.357. The van der Waals surface area contributed by atoms with Gasteiger partial charge in [-0.3, -0.25) is 9.69 Å². The molecular weight excluding hydrogens is 581 g/mol. The molecule has 8 rings (SSSR count). The van der Waals surface area contributed by atoms with Gasteiger partial charge in [0.05, 0.1) is 23.0 Å². The number of halogens is 3. The van der Waals surface area contributed by atoms with E-state index in [1.807, 2.05) is 4.90 Å². The van der Waals surface area contributed by atoms with Gasteiger partial charge < -0.3 is 25.3 Å². The molecule has 3 aromatic heterocycles. The van der Waals surface area contributed by atoms with E-state index >= 15 is 4.39 Å². The molecule has 4 aliphatic rings. The van der Waals surface area contributed by atoms with Gasteiger partial charge in [-0.2, -0.15) is 9.97 Å². The van der Waals surface area contributed by atoms with Gasteiger partial charge in [0, 0.05) is 50.4 Å². The molecule has 14 heteroatoms. The number of hydrogen-bond donors (Lipinski definition) is 2. The number of thiazole rings is 1. The number of fused-ring (bicyclic) bond motifs is 5. The Balaban J connectivity index is 0.000000283. The topological polar surface area (TPSA) is 114 Å². The molecule has 0 spiro atoms. The highest BCUT2D eigenvalue weighted by atomic mass is 32.1. The molecule has 0 aliphatic carbocycles. The maximum absolute atomic E-state index is 16.2. The minimum atomic E-state index is -0.739. The third-order valence-electron chi connectivity index (χ3n) is 9.06. The van der Waals surface area contributed by atoms with Gasteiger partial charge in [0.25, 0.3) is 5.56 Å². The van der Waals surface area contributed by atoms with Gasteiger partial charge >= 0.3 is 6.01 Å². The zero-order valence-corrected chi connectivity index (χ0v) is 24.8. The molecular formula is C29H33F3N8O2S. The van der Waals surface area contributed by atoms with E-state index in [0.717, 1.165) is 37.1 Å². The molecule has 4 aliphatic heterocycles. The molecule has 43 heavy (non-hydrogen) atoms. The number of ether oxygens (including phenoxy) is 1. The molecule has 7 heterocycles. The summed E-state index contributed by atoms with van der Waals surface area (Å²) in [6.07, 6.45) is 4.89. The summed E-state index contributed by atoms with van der Waals surface area (Å²) in [6.45, 7) is 3.15. The number of benzene rings is 1. The number of piperazine rings is 1. The second-order valence-corrected chi connectivity index (χ2v) is 12.8. The molecule has 1 aromatic carbocycles. The molecule has 228 valence electrons. The zero-order valence-electron chi connectivity index (χ0n) is 23.9. The SMILES string of the molecule is COc1nc(N2CC3CCC(C2)N3)c2c(=O)n(C)c(-c3ccc(F)c4sc(N)nc34)c(F)c2n1.FC1CC2CCCN2C1. The molecule has 4 fully saturated rings. The van der Waals surface area contributed by atoms with Crippen LogP contribution in [-0.4, -0.2) is 82.0 Å². The Hall–Kier alpha value is -3.49. The first-order chi connectivity index (χ1) is 20.7. The van der Waals surface area contributed by atoms with Crippen molar-refractivity contribution in [2.75, 3.05) is 43.9 Å². The fourth-order valence-corrected chi connectivity index (χ4v) is 7.88. The molecule has 4 unspecified atom stereocenters. The van der Waals surface area contributed by atoms with Crippen molar-refractivity contribution in [3.8, 4) is 17.3 Å². The van der Waals surface area contributed by atoms with Crippen LogP contribution < -0.4 is 26.2 Å². The number of anilines is 2. The van der Waals surface area contributed by atoms with Crippen molar-refractivity contribution in [2.24, 2.45) is 7.05 Å². The van der Waals surface area contributed by atoms with E-state index in [0.29, 0.717) is 31.5 Å². The normalized spacial score (nSPS) is 24.9. The molecule has 2 bridgehead atoms. The predicted molar refractivity (Wildman–Crippen MR) is 161 cm³/mol. The number of nitrogens with two attached hydrogens (primary N) is 1. The van der Waals surface area contributed by atoms with Crippen LogP contribution in [0, 0.1) is 11.6 Å². The number of rotatable bonds is 3. The first-order valence-corrected chi connectivity index (χ1v) is 15.4. The fraction of sp³-hybridized carbons (Fsp3) is 0.517. The van der Waals surface area contributed by atoms with Crippen LogP contribution in [0.1, 0.15) is 32.1 Å². The predicted octanol–water partition coefficient (Wildman–Crippen LogP) is 3.61. The standard InChI is InChI=1S/C22H21F2N7O2S.C7H12FN/c1-30-17(11-5-6-12(23)18-15(11)27-21(25)34-18)14(24)16-13(20(30)32)19(29-22(28-16)33-2)31-7-9-3-4-10(8-31)26-9;8-6-4-7-2-1-3-9(7)5-6/h5-6,9-10,26H,3-4,7-8H2,1-2H3,(H2,25,27);6-7H,1-5H2. The minimum Gasteiger partial charge on any atom is -0.467 e. The third kappa shape index (κ3) is 4.89. The smallest absolute Gasteiger partial charge is 0.318 e. The van der Waals surface area contributed by atoms with Crippen LogP contribution in [0.5, 0.6) is 6.01 Å². The lowest BCUT2D eigenvalue weighted by Crippen LogP contribution is -2.51. The van der Waals surface area contributed by atoms with Gasteiger partial charge in [0.2, 0.25) is 0 Å². The first-order valence-electron chi connectivity index (χ1n) is 14.6. The summed E-state index contributed by atoms with van der Waals surface area (Å²) in [4.78, 5) is 30.8. The Morgan fingerprint density at radius 1 is 1.07 bits per heavy atom. The number of pyridine rings is 1. The molecule has 0 amide bonds. The molecule has 3 N–H and O–H groups in total. The Morgan fingerprint density at radius 2 is 1.84 bits per heavy atom. The lowest BCUT2D eigenvalue weighted by molar-refractivity contribution is 0.292. The summed E-state index contributed by atoms with van der Waals surface area (Å²) >= 11 is 0.964. The van der Waals surface area contributed by atoms with Crippen molar-refractivity contribution < 1.29 is 17.9 Å². The average molecular weight is 615 g/mol. The van der Waals surface area contributed by atoms with Gasteiger partial charge in [-0.15, -0.1) is 0 Å². The third-order valence-corrected chi connectivity index (χ3v) is 9.96. The summed E-state index contributed by atoms with van der Waals surface area (Å²) in [5.41, 5.74) is 5.58. The van der Waals surface area contributed by atoms with Crippen LogP contribution in [0.25, 0.3) is 32.4 Å². The maximum atomic E-state index is 16.2. The van der Waals surface area contributed by atoms with E-state index in [9.17, 15) is 13.6 Å². The number of nitrogen functional groups attached to an aromatic ring is 1. The zero-order chi connectivity index (χ0) is 30.0. The summed E-state index contributed by atoms with van der Waals surface area (Å²) in [7, 11) is 2.87. The lowest BCUT2D eigenvalue weighted by Gasteiger charge is -2.34. The van der Waals surface area contributed by atoms with Crippen molar-refractivity contribution in [2.45, 2.75) is 56.4 Å². The van der Waals surface area contributed by atoms with Gasteiger partial charge in [-0.25, -0.2) is 18.2 Å². The van der Waals surface area contributed by atoms with Gasteiger partial charge in [-0.05, 0) is 50.8 Å². The van der Waals surface area contributed by atoms with E-state index in [2.05, 4.69) is 25.2 Å². The second-order valence-electron chi connectivity index (χ2n) is 11.8. The van der Waals surface area contributed by atoms with Crippen LogP contribution in [0.2, 0.25) is 0 Å². The van der Waals surface area contributed by atoms with Crippen LogP contribution >= 0.6 is 11.3 Å². The van der Waals surface area contributed by atoms with E-state index in [1.54, 1.807) is 0 Å². The van der Waals surface area contributed by atoms with Gasteiger partial charge in [0.15, 0.2) is 10.9 Å². The number of alkyl halides is 1. The number of hydrogen-bond acceptors (Lipinski definition) is 10. The number of nitrogens with one attached hydrogen (secondary N) is 1. The summed E-state index contributed by atoms with van der Waals surface area (Å²) < 4.78 is 49.8. The largest absolute Gasteiger partial charge is 0.467 e. The van der Waals surface area contributed by atoms with E-state index in [1.165, 1.54) is 43.7 Å². The van der Waals surface area contributed by atoms with Crippen molar-refractivity contribution in [3.05, 3.63) is 34.1 Å². The summed E-state index contributed by atoms with van der Waals surface area (Å²) in [5, 5.41) is 3.77. The lowest BCUT2D eigenvalue weighted by atomic mass is 10.1. The van der Waals surface area contributed by atoms with Crippen molar-refractivity contribution in [3.63, 3.8) is 0 Å². The molecule has 4 saturated heterocycles. The highest BCUT2D eigenvalue weighted by Crippen LogP contribution is 2.38. The number of nitrogens with zero attached hydrogens (tertiary/aromatic N) is 6. The Bertz CT molecular complexity index is 1760.